The number of nitrogens with zero attached hydrogens (tertiary/aromatic N) is 3. The maximum absolute atomic E-state index is 13.3. The summed E-state index contributed by atoms with van der Waals surface area (Å²) in [5.74, 6) is -0.547. The molecule has 0 bridgehead atoms. The third kappa shape index (κ3) is 3.86. The molecule has 1 amide bonds. The summed E-state index contributed by atoms with van der Waals surface area (Å²) in [7, 11) is 0. The van der Waals surface area contributed by atoms with E-state index in [-0.39, 0.29) is 12.3 Å². The highest BCUT2D eigenvalue weighted by Crippen LogP contribution is 2.35. The summed E-state index contributed by atoms with van der Waals surface area (Å²) in [6.45, 7) is 3.35. The molecule has 0 radical (unpaired) electrons. The van der Waals surface area contributed by atoms with Gasteiger partial charge >= 0.3 is 6.18 Å². The first-order chi connectivity index (χ1) is 13.8. The van der Waals surface area contributed by atoms with Crippen molar-refractivity contribution in [2.75, 3.05) is 13.1 Å². The van der Waals surface area contributed by atoms with Crippen molar-refractivity contribution in [3.05, 3.63) is 71.2 Å². The average Bonchev–Trinajstić information content (AvgIpc) is 3.36. The van der Waals surface area contributed by atoms with Crippen molar-refractivity contribution in [3.63, 3.8) is 0 Å². The molecule has 2 aromatic heterocycles. The first-order valence-electron chi connectivity index (χ1n) is 9.72. The lowest BCUT2D eigenvalue weighted by molar-refractivity contribution is -0.137. The zero-order chi connectivity index (χ0) is 20.6. The van der Waals surface area contributed by atoms with E-state index in [1.165, 1.54) is 6.07 Å². The Morgan fingerprint density at radius 1 is 1.17 bits per heavy atom. The van der Waals surface area contributed by atoms with Crippen LogP contribution in [0.25, 0.3) is 5.65 Å². The number of aryl methyl sites for hydroxylation is 1. The van der Waals surface area contributed by atoms with Crippen LogP contribution >= 0.6 is 0 Å². The predicted molar refractivity (Wildman–Crippen MR) is 104 cm³/mol. The maximum Gasteiger partial charge on any atom is 0.416 e. The summed E-state index contributed by atoms with van der Waals surface area (Å²) in [6, 6.07) is 9.07. The van der Waals surface area contributed by atoms with Gasteiger partial charge in [0.1, 0.15) is 5.65 Å². The van der Waals surface area contributed by atoms with Gasteiger partial charge in [-0.3, -0.25) is 4.79 Å². The van der Waals surface area contributed by atoms with E-state index in [2.05, 4.69) is 4.98 Å². The minimum absolute atomic E-state index is 0.0347. The van der Waals surface area contributed by atoms with Crippen LogP contribution in [0.1, 0.15) is 47.6 Å². The number of carbonyl (C=O) groups is 1. The Balaban J connectivity index is 1.79. The smallest absolute Gasteiger partial charge is 0.343 e. The van der Waals surface area contributed by atoms with Gasteiger partial charge in [-0.2, -0.15) is 13.2 Å². The van der Waals surface area contributed by atoms with Gasteiger partial charge in [-0.15, -0.1) is 0 Å². The van der Waals surface area contributed by atoms with Crippen molar-refractivity contribution in [2.24, 2.45) is 0 Å². The molecule has 1 atom stereocenters. The van der Waals surface area contributed by atoms with Gasteiger partial charge in [0.2, 0.25) is 5.91 Å². The van der Waals surface area contributed by atoms with E-state index < -0.39 is 17.7 Å². The fourth-order valence-electron chi connectivity index (χ4n) is 4.02. The highest BCUT2D eigenvalue weighted by molar-refractivity contribution is 5.78. The first-order valence-corrected chi connectivity index (χ1v) is 9.72. The van der Waals surface area contributed by atoms with Crippen LogP contribution in [-0.4, -0.2) is 33.3 Å². The molecule has 0 N–H and O–H groups in total. The molecular formula is C22H22F3N3O. The minimum atomic E-state index is -4.43. The lowest BCUT2D eigenvalue weighted by Crippen LogP contribution is -2.29. The van der Waals surface area contributed by atoms with Crippen LogP contribution in [0.2, 0.25) is 0 Å². The van der Waals surface area contributed by atoms with Gasteiger partial charge in [0.25, 0.3) is 0 Å². The van der Waals surface area contributed by atoms with Gasteiger partial charge in [-0.05, 0) is 43.0 Å². The average molecular weight is 401 g/mol. The van der Waals surface area contributed by atoms with Gasteiger partial charge in [0.15, 0.2) is 0 Å². The van der Waals surface area contributed by atoms with E-state index >= 15 is 0 Å². The summed E-state index contributed by atoms with van der Waals surface area (Å²) < 4.78 is 41.8. The second kappa shape index (κ2) is 7.54. The molecule has 0 spiro atoms. The number of imidazole rings is 1. The van der Waals surface area contributed by atoms with Gasteiger partial charge in [0.05, 0.1) is 11.3 Å². The zero-order valence-corrected chi connectivity index (χ0v) is 16.1. The summed E-state index contributed by atoms with van der Waals surface area (Å²) in [5.41, 5.74) is 2.19. The van der Waals surface area contributed by atoms with Gasteiger partial charge in [-0.1, -0.05) is 24.3 Å². The van der Waals surface area contributed by atoms with Crippen molar-refractivity contribution >= 4 is 11.6 Å². The number of benzene rings is 1. The van der Waals surface area contributed by atoms with E-state index in [0.29, 0.717) is 18.7 Å². The molecule has 1 saturated heterocycles. The number of hydrogen-bond acceptors (Lipinski definition) is 2. The quantitative estimate of drug-likeness (QED) is 0.629. The van der Waals surface area contributed by atoms with Crippen LogP contribution in [0, 0.1) is 6.92 Å². The number of hydrogen-bond donors (Lipinski definition) is 0. The topological polar surface area (TPSA) is 37.6 Å². The molecule has 4 rings (SSSR count). The highest BCUT2D eigenvalue weighted by Gasteiger charge is 2.32. The van der Waals surface area contributed by atoms with Crippen LogP contribution in [0.3, 0.4) is 0 Å². The monoisotopic (exact) mass is 401 g/mol. The molecule has 29 heavy (non-hydrogen) atoms. The van der Waals surface area contributed by atoms with Crippen LogP contribution in [0.5, 0.6) is 0 Å². The molecule has 0 aliphatic carbocycles. The second-order valence-corrected chi connectivity index (χ2v) is 7.54. The largest absolute Gasteiger partial charge is 0.416 e. The summed E-state index contributed by atoms with van der Waals surface area (Å²) in [5, 5.41) is 0. The molecule has 4 nitrogen and oxygen atoms in total. The standard InChI is InChI=1S/C22H22F3N3O/c1-15-6-5-11-28-19(14-26-21(15)28)18(13-20(29)27-9-2-3-10-27)16-7-4-8-17(12-16)22(23,24)25/h4-8,11-12,14,18H,2-3,9-10,13H2,1H3/t18-/m0/s1. The number of aromatic nitrogens is 2. The Morgan fingerprint density at radius 3 is 2.66 bits per heavy atom. The molecule has 1 aliphatic rings. The SMILES string of the molecule is Cc1cccn2c([C@@H](CC(=O)N3CCCC3)c3cccc(C(F)(F)F)c3)cnc12. The third-order valence-electron chi connectivity index (χ3n) is 5.57. The molecule has 3 aromatic rings. The highest BCUT2D eigenvalue weighted by atomic mass is 19.4. The van der Waals surface area contributed by atoms with Crippen molar-refractivity contribution < 1.29 is 18.0 Å². The number of likely N-dealkylation sites (tertiary alicyclic amines) is 1. The molecule has 1 aromatic carbocycles. The fourth-order valence-corrected chi connectivity index (χ4v) is 4.02. The van der Waals surface area contributed by atoms with Crippen LogP contribution in [-0.2, 0) is 11.0 Å². The molecule has 152 valence electrons. The Morgan fingerprint density at radius 2 is 1.93 bits per heavy atom. The maximum atomic E-state index is 13.3. The van der Waals surface area contributed by atoms with E-state index in [4.69, 9.17) is 0 Å². The van der Waals surface area contributed by atoms with E-state index in [1.54, 1.807) is 17.2 Å². The number of halogens is 3. The predicted octanol–water partition coefficient (Wildman–Crippen LogP) is 4.81. The molecular weight excluding hydrogens is 379 g/mol. The normalized spacial score (nSPS) is 15.8. The van der Waals surface area contributed by atoms with Gasteiger partial charge in [-0.25, -0.2) is 4.98 Å². The summed E-state index contributed by atoms with van der Waals surface area (Å²) >= 11 is 0. The Bertz CT molecular complexity index is 1040. The number of fused-ring (bicyclic) bond motifs is 1. The van der Waals surface area contributed by atoms with Gasteiger partial charge < -0.3 is 9.30 Å². The van der Waals surface area contributed by atoms with Crippen LogP contribution < -0.4 is 0 Å². The number of pyridine rings is 1. The molecule has 1 aliphatic heterocycles. The second-order valence-electron chi connectivity index (χ2n) is 7.54. The van der Waals surface area contributed by atoms with Crippen molar-refractivity contribution in [1.82, 2.24) is 14.3 Å². The fraction of sp³-hybridized carbons (Fsp3) is 0.364. The van der Waals surface area contributed by atoms with E-state index in [9.17, 15) is 18.0 Å². The molecule has 1 fully saturated rings. The Hall–Kier alpha value is -2.83. The number of alkyl halides is 3. The molecule has 3 heterocycles. The molecule has 7 heteroatoms. The summed E-state index contributed by atoms with van der Waals surface area (Å²) in [4.78, 5) is 19.1. The Kier molecular flexibility index (Phi) is 5.06. The van der Waals surface area contributed by atoms with Crippen molar-refractivity contribution in [2.45, 2.75) is 38.3 Å². The van der Waals surface area contributed by atoms with E-state index in [1.807, 2.05) is 29.7 Å². The van der Waals surface area contributed by atoms with Gasteiger partial charge in [0, 0.05) is 37.8 Å². The molecule has 0 unspecified atom stereocenters. The number of rotatable bonds is 4. The van der Waals surface area contributed by atoms with E-state index in [0.717, 1.165) is 41.9 Å². The number of carbonyl (C=O) groups excluding carboxylic acids is 1. The Labute approximate surface area is 167 Å². The molecule has 0 saturated carbocycles. The zero-order valence-electron chi connectivity index (χ0n) is 16.1. The lowest BCUT2D eigenvalue weighted by atomic mass is 9.90. The number of amides is 1. The third-order valence-corrected chi connectivity index (χ3v) is 5.57. The first kappa shape index (κ1) is 19.5. The lowest BCUT2D eigenvalue weighted by Gasteiger charge is -2.22. The van der Waals surface area contributed by atoms with Crippen molar-refractivity contribution in [1.29, 1.82) is 0 Å². The van der Waals surface area contributed by atoms with Crippen molar-refractivity contribution in [3.8, 4) is 0 Å². The summed E-state index contributed by atoms with van der Waals surface area (Å²) in [6.07, 6.45) is 1.12. The van der Waals surface area contributed by atoms with Crippen LogP contribution in [0.4, 0.5) is 13.2 Å². The minimum Gasteiger partial charge on any atom is -0.343 e. The van der Waals surface area contributed by atoms with Crippen LogP contribution in [0.15, 0.2) is 48.8 Å².